The fourth-order valence-electron chi connectivity index (χ4n) is 1.83. The molecule has 0 saturated carbocycles. The first-order valence-electron chi connectivity index (χ1n) is 5.87. The van der Waals surface area contributed by atoms with Crippen LogP contribution in [0.3, 0.4) is 0 Å². The van der Waals surface area contributed by atoms with E-state index >= 15 is 0 Å². The van der Waals surface area contributed by atoms with Gasteiger partial charge in [0, 0.05) is 10.2 Å². The second-order valence-electron chi connectivity index (χ2n) is 4.15. The minimum atomic E-state index is -0.883. The summed E-state index contributed by atoms with van der Waals surface area (Å²) in [6.07, 6.45) is 0. The van der Waals surface area contributed by atoms with Crippen molar-refractivity contribution < 1.29 is 8.78 Å². The third kappa shape index (κ3) is 2.53. The summed E-state index contributed by atoms with van der Waals surface area (Å²) in [7, 11) is 0. The molecule has 3 aromatic rings. The third-order valence-corrected chi connectivity index (χ3v) is 4.51. The van der Waals surface area contributed by atoms with Crippen LogP contribution in [-0.2, 0) is 6.54 Å². The number of thiazole rings is 1. The van der Waals surface area contributed by atoms with Crippen molar-refractivity contribution in [3.63, 3.8) is 0 Å². The molecule has 1 N–H and O–H groups in total. The van der Waals surface area contributed by atoms with Crippen molar-refractivity contribution in [2.45, 2.75) is 6.54 Å². The van der Waals surface area contributed by atoms with Gasteiger partial charge in [0.2, 0.25) is 0 Å². The maximum atomic E-state index is 13.6. The molecule has 0 aliphatic heterocycles. The predicted octanol–water partition coefficient (Wildman–Crippen LogP) is 4.95. The first kappa shape index (κ1) is 13.5. The molecular formula is C14H9BrF2N2S. The fraction of sp³-hybridized carbons (Fsp3) is 0.0714. The van der Waals surface area contributed by atoms with Crippen molar-refractivity contribution in [3.05, 3.63) is 57.5 Å². The first-order valence-corrected chi connectivity index (χ1v) is 7.48. The molecule has 102 valence electrons. The molecule has 0 amide bonds. The zero-order valence-electron chi connectivity index (χ0n) is 10.2. The maximum Gasteiger partial charge on any atom is 0.185 e. The largest absolute Gasteiger partial charge is 0.378 e. The number of nitrogens with one attached hydrogen (secondary N) is 1. The molecule has 2 aromatic carbocycles. The van der Waals surface area contributed by atoms with E-state index in [9.17, 15) is 8.78 Å². The molecule has 1 aromatic heterocycles. The molecule has 0 spiro atoms. The molecule has 20 heavy (non-hydrogen) atoms. The normalized spacial score (nSPS) is 10.9. The van der Waals surface area contributed by atoms with Gasteiger partial charge < -0.3 is 5.32 Å². The number of anilines is 1. The number of hydrogen-bond donors (Lipinski definition) is 1. The average Bonchev–Trinajstić information content (AvgIpc) is 2.86. The summed E-state index contributed by atoms with van der Waals surface area (Å²) >= 11 is 4.79. The Morgan fingerprint density at radius 2 is 1.95 bits per heavy atom. The summed E-state index contributed by atoms with van der Waals surface area (Å²) < 4.78 is 28.3. The van der Waals surface area contributed by atoms with E-state index in [2.05, 4.69) is 26.2 Å². The highest BCUT2D eigenvalue weighted by Gasteiger charge is 2.12. The van der Waals surface area contributed by atoms with Crippen LogP contribution in [0.5, 0.6) is 0 Å². The second kappa shape index (κ2) is 5.46. The monoisotopic (exact) mass is 354 g/mol. The quantitative estimate of drug-likeness (QED) is 0.719. The summed E-state index contributed by atoms with van der Waals surface area (Å²) in [6.45, 7) is 0.461. The van der Waals surface area contributed by atoms with E-state index in [0.717, 1.165) is 16.2 Å². The summed E-state index contributed by atoms with van der Waals surface area (Å²) in [6, 6.07) is 10.4. The van der Waals surface area contributed by atoms with Crippen LogP contribution in [0.4, 0.5) is 14.5 Å². The van der Waals surface area contributed by atoms with Gasteiger partial charge in [-0.15, -0.1) is 11.3 Å². The zero-order valence-corrected chi connectivity index (χ0v) is 12.6. The van der Waals surface area contributed by atoms with E-state index in [1.54, 1.807) is 6.07 Å². The Morgan fingerprint density at radius 3 is 2.75 bits per heavy atom. The van der Waals surface area contributed by atoms with Crippen molar-refractivity contribution in [3.8, 4) is 0 Å². The van der Waals surface area contributed by atoms with Crippen molar-refractivity contribution in [2.75, 3.05) is 5.32 Å². The first-order chi connectivity index (χ1) is 9.65. The molecule has 1 heterocycles. The number of rotatable bonds is 3. The van der Waals surface area contributed by atoms with Crippen LogP contribution < -0.4 is 5.32 Å². The summed E-state index contributed by atoms with van der Waals surface area (Å²) in [5, 5.41) is 3.92. The minimum Gasteiger partial charge on any atom is -0.378 e. The van der Waals surface area contributed by atoms with Gasteiger partial charge in [-0.2, -0.15) is 0 Å². The lowest BCUT2D eigenvalue weighted by Gasteiger charge is -2.05. The average molecular weight is 355 g/mol. The number of benzene rings is 2. The Labute approximate surface area is 126 Å². The number of fused-ring (bicyclic) bond motifs is 1. The molecule has 0 fully saturated rings. The lowest BCUT2D eigenvalue weighted by Crippen LogP contribution is -1.99. The van der Waals surface area contributed by atoms with Gasteiger partial charge in [0.25, 0.3) is 0 Å². The van der Waals surface area contributed by atoms with Crippen LogP contribution >= 0.6 is 27.3 Å². The number of aromatic nitrogens is 1. The highest BCUT2D eigenvalue weighted by Crippen LogP contribution is 2.27. The minimum absolute atomic E-state index is 0.0962. The van der Waals surface area contributed by atoms with E-state index in [4.69, 9.17) is 0 Å². The Hall–Kier alpha value is -1.53. The van der Waals surface area contributed by atoms with Crippen molar-refractivity contribution in [1.82, 2.24) is 4.98 Å². The number of para-hydroxylation sites is 1. The highest BCUT2D eigenvalue weighted by molar-refractivity contribution is 9.10. The smallest absolute Gasteiger partial charge is 0.185 e. The lowest BCUT2D eigenvalue weighted by atomic mass is 10.3. The van der Waals surface area contributed by atoms with Gasteiger partial charge in [0.15, 0.2) is 11.6 Å². The van der Waals surface area contributed by atoms with Crippen molar-refractivity contribution in [1.29, 1.82) is 0 Å². The van der Waals surface area contributed by atoms with Gasteiger partial charge in [-0.05, 0) is 40.2 Å². The van der Waals surface area contributed by atoms with E-state index in [0.29, 0.717) is 16.3 Å². The standard InChI is InChI=1S/C14H9BrF2N2S/c15-8-3-1-2-4-10(8)18-7-12-19-14-11(20-12)6-5-9(16)13(14)17/h1-6,18H,7H2. The van der Waals surface area contributed by atoms with Gasteiger partial charge in [0.05, 0.1) is 11.2 Å². The maximum absolute atomic E-state index is 13.6. The topological polar surface area (TPSA) is 24.9 Å². The molecule has 6 heteroatoms. The van der Waals surface area contributed by atoms with E-state index in [-0.39, 0.29) is 5.52 Å². The van der Waals surface area contributed by atoms with Gasteiger partial charge in [-0.1, -0.05) is 12.1 Å². The van der Waals surface area contributed by atoms with Gasteiger partial charge in [-0.25, -0.2) is 13.8 Å². The Morgan fingerprint density at radius 1 is 1.15 bits per heavy atom. The molecule has 0 saturated heterocycles. The van der Waals surface area contributed by atoms with E-state index in [1.165, 1.54) is 11.3 Å². The van der Waals surface area contributed by atoms with Gasteiger partial charge in [-0.3, -0.25) is 0 Å². The molecule has 2 nitrogen and oxygen atoms in total. The summed E-state index contributed by atoms with van der Waals surface area (Å²) in [5.74, 6) is -1.75. The van der Waals surface area contributed by atoms with Crippen LogP contribution in [0.15, 0.2) is 40.9 Å². The highest BCUT2D eigenvalue weighted by atomic mass is 79.9. The lowest BCUT2D eigenvalue weighted by molar-refractivity contribution is 0.515. The Bertz CT molecular complexity index is 773. The van der Waals surface area contributed by atoms with Crippen LogP contribution in [0.1, 0.15) is 5.01 Å². The Kier molecular flexibility index (Phi) is 3.67. The van der Waals surface area contributed by atoms with Crippen LogP contribution in [-0.4, -0.2) is 4.98 Å². The molecule has 0 aliphatic rings. The molecule has 0 bridgehead atoms. The van der Waals surface area contributed by atoms with Crippen LogP contribution in [0.25, 0.3) is 10.2 Å². The number of nitrogens with zero attached hydrogens (tertiary/aromatic N) is 1. The number of hydrogen-bond acceptors (Lipinski definition) is 3. The Balaban J connectivity index is 1.85. The summed E-state index contributed by atoms with van der Waals surface area (Å²) in [4.78, 5) is 4.14. The SMILES string of the molecule is Fc1ccc2sc(CNc3ccccc3Br)nc2c1F. The predicted molar refractivity (Wildman–Crippen MR) is 81.0 cm³/mol. The molecule has 0 atom stereocenters. The summed E-state index contributed by atoms with van der Waals surface area (Å²) in [5.41, 5.74) is 1.03. The van der Waals surface area contributed by atoms with Crippen LogP contribution in [0, 0.1) is 11.6 Å². The third-order valence-electron chi connectivity index (χ3n) is 2.80. The number of halogens is 3. The molecule has 3 rings (SSSR count). The van der Waals surface area contributed by atoms with Gasteiger partial charge >= 0.3 is 0 Å². The molecule has 0 radical (unpaired) electrons. The van der Waals surface area contributed by atoms with Crippen molar-refractivity contribution >= 4 is 43.2 Å². The second-order valence-corrected chi connectivity index (χ2v) is 6.12. The van der Waals surface area contributed by atoms with E-state index in [1.807, 2.05) is 24.3 Å². The molecule has 0 unspecified atom stereocenters. The fourth-order valence-corrected chi connectivity index (χ4v) is 3.16. The van der Waals surface area contributed by atoms with E-state index < -0.39 is 11.6 Å². The molecule has 0 aliphatic carbocycles. The zero-order chi connectivity index (χ0) is 14.1. The van der Waals surface area contributed by atoms with Gasteiger partial charge in [0.1, 0.15) is 10.5 Å². The van der Waals surface area contributed by atoms with Crippen molar-refractivity contribution in [2.24, 2.45) is 0 Å². The van der Waals surface area contributed by atoms with Crippen LogP contribution in [0.2, 0.25) is 0 Å². The molecular weight excluding hydrogens is 346 g/mol.